The highest BCUT2D eigenvalue weighted by Gasteiger charge is 2.34. The van der Waals surface area contributed by atoms with Crippen molar-refractivity contribution in [2.75, 3.05) is 0 Å². The molecule has 0 aromatic heterocycles. The largest absolute Gasteiger partial charge is 0.480 e. The number of hydrogen-bond acceptors (Lipinski definition) is 7. The van der Waals surface area contributed by atoms with Gasteiger partial charge in [-0.15, -0.1) is 0 Å². The number of carboxylic acids is 1. The monoisotopic (exact) mass is 466 g/mol. The molecule has 0 saturated heterocycles. The number of carbonyl (C=O) groups is 4. The summed E-state index contributed by atoms with van der Waals surface area (Å²) in [6.07, 6.45) is -2.50. The highest BCUT2D eigenvalue weighted by molar-refractivity contribution is 5.94. The molecular weight excluding hydrogens is 432 g/mol. The first-order valence-corrected chi connectivity index (χ1v) is 10.6. The van der Waals surface area contributed by atoms with E-state index in [2.05, 4.69) is 16.0 Å². The quantitative estimate of drug-likeness (QED) is 0.194. The van der Waals surface area contributed by atoms with Crippen LogP contribution in [0.15, 0.2) is 30.3 Å². The zero-order valence-electron chi connectivity index (χ0n) is 19.2. The van der Waals surface area contributed by atoms with E-state index < -0.39 is 66.0 Å². The lowest BCUT2D eigenvalue weighted by Gasteiger charge is -2.28. The Morgan fingerprint density at radius 2 is 1.33 bits per heavy atom. The summed E-state index contributed by atoms with van der Waals surface area (Å²) in [5, 5.41) is 36.2. The number of carboxylic acid groups (broad SMARTS) is 1. The van der Waals surface area contributed by atoms with Crippen LogP contribution in [-0.4, -0.2) is 75.4 Å². The molecule has 0 aliphatic heterocycles. The lowest BCUT2D eigenvalue weighted by atomic mass is 10.0. The number of benzene rings is 1. The Balaban J connectivity index is 2.94. The first-order valence-electron chi connectivity index (χ1n) is 10.6. The third-order valence-corrected chi connectivity index (χ3v) is 5.03. The number of hydrogen-bond donors (Lipinski definition) is 7. The van der Waals surface area contributed by atoms with Crippen LogP contribution in [0.5, 0.6) is 0 Å². The topological polar surface area (TPSA) is 191 Å². The van der Waals surface area contributed by atoms with E-state index in [-0.39, 0.29) is 6.42 Å². The third kappa shape index (κ3) is 8.79. The van der Waals surface area contributed by atoms with E-state index in [1.807, 2.05) is 0 Å². The second kappa shape index (κ2) is 12.9. The zero-order valence-corrected chi connectivity index (χ0v) is 19.2. The summed E-state index contributed by atoms with van der Waals surface area (Å²) in [7, 11) is 0. The molecule has 11 nitrogen and oxygen atoms in total. The molecular formula is C22H34N4O7. The van der Waals surface area contributed by atoms with Crippen LogP contribution in [0.4, 0.5) is 0 Å². The van der Waals surface area contributed by atoms with Crippen molar-refractivity contribution in [3.8, 4) is 0 Å². The van der Waals surface area contributed by atoms with Gasteiger partial charge in [-0.25, -0.2) is 4.79 Å². The molecule has 1 aromatic rings. The van der Waals surface area contributed by atoms with Crippen molar-refractivity contribution >= 4 is 23.7 Å². The van der Waals surface area contributed by atoms with Crippen molar-refractivity contribution in [1.82, 2.24) is 16.0 Å². The van der Waals surface area contributed by atoms with Gasteiger partial charge in [0.05, 0.1) is 12.2 Å². The van der Waals surface area contributed by atoms with E-state index >= 15 is 0 Å². The predicted molar refractivity (Wildman–Crippen MR) is 120 cm³/mol. The Morgan fingerprint density at radius 3 is 1.79 bits per heavy atom. The molecule has 33 heavy (non-hydrogen) atoms. The lowest BCUT2D eigenvalue weighted by Crippen LogP contribution is -2.61. The Labute approximate surface area is 192 Å². The van der Waals surface area contributed by atoms with Gasteiger partial charge < -0.3 is 37.0 Å². The molecule has 6 atom stereocenters. The van der Waals surface area contributed by atoms with Crippen LogP contribution in [0.1, 0.15) is 33.3 Å². The summed E-state index contributed by atoms with van der Waals surface area (Å²) in [5.41, 5.74) is 6.28. The van der Waals surface area contributed by atoms with Crippen molar-refractivity contribution in [3.63, 3.8) is 0 Å². The lowest BCUT2D eigenvalue weighted by molar-refractivity contribution is -0.143. The van der Waals surface area contributed by atoms with Crippen molar-refractivity contribution in [3.05, 3.63) is 35.9 Å². The Morgan fingerprint density at radius 1 is 0.818 bits per heavy atom. The molecule has 1 rings (SSSR count). The molecule has 0 fully saturated rings. The molecule has 8 N–H and O–H groups in total. The maximum atomic E-state index is 12.8. The molecule has 0 aliphatic carbocycles. The normalized spacial score (nSPS) is 16.6. The molecule has 0 aliphatic rings. The van der Waals surface area contributed by atoms with E-state index in [0.717, 1.165) is 0 Å². The summed E-state index contributed by atoms with van der Waals surface area (Å²) in [6, 6.07) is 3.53. The Bertz CT molecular complexity index is 814. The van der Waals surface area contributed by atoms with Gasteiger partial charge in [0.15, 0.2) is 0 Å². The van der Waals surface area contributed by atoms with Crippen LogP contribution in [-0.2, 0) is 25.6 Å². The predicted octanol–water partition coefficient (Wildman–Crippen LogP) is -1.49. The number of nitrogens with two attached hydrogens (primary N) is 1. The maximum absolute atomic E-state index is 12.8. The van der Waals surface area contributed by atoms with Gasteiger partial charge in [-0.1, -0.05) is 44.2 Å². The number of rotatable bonds is 12. The standard InChI is InChI=1S/C22H34N4O7/c1-11(2)17(25-19(29)16(23)12(3)27)20(30)26-18(13(4)28)21(31)24-15(22(32)33)10-14-8-6-5-7-9-14/h5-9,11-13,15-18,27-28H,10,23H2,1-4H3,(H,24,31)(H,25,29)(H,26,30)(H,32,33). The molecule has 0 heterocycles. The average molecular weight is 467 g/mol. The van der Waals surface area contributed by atoms with E-state index in [4.69, 9.17) is 5.73 Å². The molecule has 3 amide bonds. The van der Waals surface area contributed by atoms with Crippen LogP contribution in [0.25, 0.3) is 0 Å². The van der Waals surface area contributed by atoms with E-state index in [9.17, 15) is 34.5 Å². The molecule has 0 saturated carbocycles. The van der Waals surface area contributed by atoms with Crippen LogP contribution in [0.3, 0.4) is 0 Å². The fourth-order valence-corrected chi connectivity index (χ4v) is 2.96. The summed E-state index contributed by atoms with van der Waals surface area (Å²) in [4.78, 5) is 49.4. The summed E-state index contributed by atoms with van der Waals surface area (Å²) >= 11 is 0. The number of carbonyl (C=O) groups excluding carboxylic acids is 3. The second-order valence-electron chi connectivity index (χ2n) is 8.31. The Hall–Kier alpha value is -3.02. The first-order chi connectivity index (χ1) is 15.3. The minimum atomic E-state index is -1.47. The van der Waals surface area contributed by atoms with Gasteiger partial charge in [-0.2, -0.15) is 0 Å². The van der Waals surface area contributed by atoms with Gasteiger partial charge in [0.25, 0.3) is 0 Å². The fourth-order valence-electron chi connectivity index (χ4n) is 2.96. The minimum absolute atomic E-state index is 0.00426. The second-order valence-corrected chi connectivity index (χ2v) is 8.31. The molecule has 1 aromatic carbocycles. The molecule has 6 unspecified atom stereocenters. The summed E-state index contributed by atoms with van der Waals surface area (Å²) < 4.78 is 0. The van der Waals surface area contributed by atoms with Crippen molar-refractivity contribution in [2.45, 2.75) is 70.5 Å². The number of amides is 3. The third-order valence-electron chi connectivity index (χ3n) is 5.03. The van der Waals surface area contributed by atoms with Gasteiger partial charge >= 0.3 is 5.97 Å². The smallest absolute Gasteiger partial charge is 0.326 e. The number of aliphatic carboxylic acids is 1. The highest BCUT2D eigenvalue weighted by atomic mass is 16.4. The number of aliphatic hydroxyl groups is 2. The molecule has 11 heteroatoms. The van der Waals surface area contributed by atoms with Gasteiger partial charge in [-0.3, -0.25) is 14.4 Å². The zero-order chi connectivity index (χ0) is 25.3. The van der Waals surface area contributed by atoms with Crippen LogP contribution in [0, 0.1) is 5.92 Å². The number of nitrogens with one attached hydrogen (secondary N) is 3. The first kappa shape index (κ1) is 28.0. The van der Waals surface area contributed by atoms with E-state index in [1.54, 1.807) is 44.2 Å². The summed E-state index contributed by atoms with van der Waals surface area (Å²) in [5.74, 6) is -4.12. The van der Waals surface area contributed by atoms with Gasteiger partial charge in [0.2, 0.25) is 17.7 Å². The van der Waals surface area contributed by atoms with Crippen molar-refractivity contribution in [1.29, 1.82) is 0 Å². The SMILES string of the molecule is CC(C)C(NC(=O)C(N)C(C)O)C(=O)NC(C(=O)NC(Cc1ccccc1)C(=O)O)C(C)O. The maximum Gasteiger partial charge on any atom is 0.326 e. The summed E-state index contributed by atoms with van der Waals surface area (Å²) in [6.45, 7) is 5.90. The molecule has 184 valence electrons. The van der Waals surface area contributed by atoms with Crippen LogP contribution >= 0.6 is 0 Å². The van der Waals surface area contributed by atoms with Crippen LogP contribution < -0.4 is 21.7 Å². The van der Waals surface area contributed by atoms with Gasteiger partial charge in [-0.05, 0) is 25.3 Å². The van der Waals surface area contributed by atoms with Gasteiger partial charge in [0.1, 0.15) is 24.2 Å². The Kier molecular flexibility index (Phi) is 10.9. The minimum Gasteiger partial charge on any atom is -0.480 e. The molecule has 0 spiro atoms. The fraction of sp³-hybridized carbons (Fsp3) is 0.545. The van der Waals surface area contributed by atoms with Crippen LogP contribution in [0.2, 0.25) is 0 Å². The average Bonchev–Trinajstić information content (AvgIpc) is 2.74. The number of aliphatic hydroxyl groups excluding tert-OH is 2. The van der Waals surface area contributed by atoms with Gasteiger partial charge in [0, 0.05) is 6.42 Å². The highest BCUT2D eigenvalue weighted by Crippen LogP contribution is 2.07. The van der Waals surface area contributed by atoms with E-state index in [1.165, 1.54) is 13.8 Å². The van der Waals surface area contributed by atoms with Crippen molar-refractivity contribution in [2.24, 2.45) is 11.7 Å². The molecule has 0 radical (unpaired) electrons. The molecule has 0 bridgehead atoms. The van der Waals surface area contributed by atoms with Crippen molar-refractivity contribution < 1.29 is 34.5 Å². The van der Waals surface area contributed by atoms with E-state index in [0.29, 0.717) is 5.56 Å².